The zero-order valence-electron chi connectivity index (χ0n) is 7.87. The second kappa shape index (κ2) is 4.60. The summed E-state index contributed by atoms with van der Waals surface area (Å²) < 4.78 is 17.4. The van der Waals surface area contributed by atoms with Crippen LogP contribution in [-0.2, 0) is 4.74 Å². The molecule has 0 unspecified atom stereocenters. The lowest BCUT2D eigenvalue weighted by Gasteiger charge is -2.16. The fraction of sp³-hybridized carbons (Fsp3) is 0.200. The minimum Gasteiger partial charge on any atom is -0.449 e. The van der Waals surface area contributed by atoms with Gasteiger partial charge in [-0.1, -0.05) is 6.07 Å². The predicted molar refractivity (Wildman–Crippen MR) is 51.5 cm³/mol. The normalized spacial score (nSPS) is 9.64. The predicted octanol–water partition coefficient (Wildman–Crippen LogP) is 2.23. The molecule has 1 rings (SSSR count). The molecule has 0 aliphatic carbocycles. The van der Waals surface area contributed by atoms with E-state index in [2.05, 4.69) is 11.7 Å². The molecule has 0 aromatic heterocycles. The first-order chi connectivity index (χ1) is 6.65. The van der Waals surface area contributed by atoms with Crippen LogP contribution in [0.15, 0.2) is 24.3 Å². The smallest absolute Gasteiger partial charge is 0.414 e. The molecule has 75 valence electrons. The molecule has 1 radical (unpaired) electrons. The molecule has 1 amide bonds. The van der Waals surface area contributed by atoms with Crippen LogP contribution in [0.5, 0.6) is 0 Å². The minimum atomic E-state index is -0.550. The molecule has 0 spiro atoms. The van der Waals surface area contributed by atoms with Crippen molar-refractivity contribution >= 4 is 11.8 Å². The molecule has 4 heteroatoms. The Labute approximate surface area is 82.1 Å². The van der Waals surface area contributed by atoms with Crippen LogP contribution in [0, 0.1) is 12.7 Å². The molecule has 0 heterocycles. The van der Waals surface area contributed by atoms with Crippen LogP contribution in [0.25, 0.3) is 0 Å². The number of anilines is 1. The van der Waals surface area contributed by atoms with Crippen molar-refractivity contribution in [2.75, 3.05) is 18.6 Å². The summed E-state index contributed by atoms with van der Waals surface area (Å²) in [7, 11) is 1.51. The molecule has 1 aromatic rings. The fourth-order valence-corrected chi connectivity index (χ4v) is 0.974. The van der Waals surface area contributed by atoms with Crippen molar-refractivity contribution in [3.05, 3.63) is 37.0 Å². The summed E-state index contributed by atoms with van der Waals surface area (Å²) in [5.41, 5.74) is 0.448. The van der Waals surface area contributed by atoms with Crippen molar-refractivity contribution in [3.63, 3.8) is 0 Å². The standard InChI is InChI=1S/C10H11FNO2/c1-3-14-10(13)12(2)9-6-4-5-8(11)7-9/h4-7H,1,3H2,2H3. The molecular weight excluding hydrogens is 185 g/mol. The van der Waals surface area contributed by atoms with E-state index in [-0.39, 0.29) is 6.61 Å². The van der Waals surface area contributed by atoms with E-state index in [1.54, 1.807) is 6.07 Å². The Hall–Kier alpha value is -1.58. The van der Waals surface area contributed by atoms with E-state index in [1.165, 1.54) is 30.1 Å². The van der Waals surface area contributed by atoms with Crippen molar-refractivity contribution in [2.45, 2.75) is 0 Å². The molecule has 0 N–H and O–H groups in total. The quantitative estimate of drug-likeness (QED) is 0.725. The van der Waals surface area contributed by atoms with Gasteiger partial charge in [-0.25, -0.2) is 9.18 Å². The maximum atomic E-state index is 12.8. The molecule has 0 bridgehead atoms. The number of ether oxygens (including phenoxy) is 1. The maximum absolute atomic E-state index is 12.8. The summed E-state index contributed by atoms with van der Waals surface area (Å²) in [5.74, 6) is -0.392. The Kier molecular flexibility index (Phi) is 3.45. The van der Waals surface area contributed by atoms with E-state index in [1.807, 2.05) is 0 Å². The Bertz CT molecular complexity index is 328. The number of benzene rings is 1. The molecule has 14 heavy (non-hydrogen) atoms. The number of carbonyl (C=O) groups is 1. The van der Waals surface area contributed by atoms with Gasteiger partial charge in [-0.05, 0) is 25.1 Å². The number of nitrogens with zero attached hydrogens (tertiary/aromatic N) is 1. The van der Waals surface area contributed by atoms with Crippen molar-refractivity contribution in [3.8, 4) is 0 Å². The lowest BCUT2D eigenvalue weighted by molar-refractivity contribution is 0.167. The Morgan fingerprint density at radius 2 is 2.36 bits per heavy atom. The van der Waals surface area contributed by atoms with Crippen molar-refractivity contribution in [1.29, 1.82) is 0 Å². The highest BCUT2D eigenvalue weighted by Gasteiger charge is 2.11. The molecule has 1 aromatic carbocycles. The van der Waals surface area contributed by atoms with Crippen LogP contribution >= 0.6 is 0 Å². The van der Waals surface area contributed by atoms with Crippen molar-refractivity contribution in [1.82, 2.24) is 0 Å². The van der Waals surface area contributed by atoms with Gasteiger partial charge >= 0.3 is 6.09 Å². The third kappa shape index (κ3) is 2.45. The number of rotatable bonds is 2. The van der Waals surface area contributed by atoms with E-state index < -0.39 is 11.9 Å². The van der Waals surface area contributed by atoms with E-state index >= 15 is 0 Å². The summed E-state index contributed by atoms with van der Waals surface area (Å²) >= 11 is 0. The third-order valence-electron chi connectivity index (χ3n) is 1.69. The van der Waals surface area contributed by atoms with E-state index in [0.717, 1.165) is 0 Å². The van der Waals surface area contributed by atoms with Crippen LogP contribution in [0.3, 0.4) is 0 Å². The second-order valence-electron chi connectivity index (χ2n) is 2.65. The molecule has 3 nitrogen and oxygen atoms in total. The summed E-state index contributed by atoms with van der Waals surface area (Å²) in [6, 6.07) is 5.71. The van der Waals surface area contributed by atoms with Gasteiger partial charge in [0.15, 0.2) is 0 Å². The number of carbonyl (C=O) groups excluding carboxylic acids is 1. The van der Waals surface area contributed by atoms with E-state index in [9.17, 15) is 9.18 Å². The zero-order chi connectivity index (χ0) is 10.6. The highest BCUT2D eigenvalue weighted by atomic mass is 19.1. The van der Waals surface area contributed by atoms with Gasteiger partial charge in [-0.2, -0.15) is 0 Å². The minimum absolute atomic E-state index is 0.0541. The number of hydrogen-bond acceptors (Lipinski definition) is 2. The highest BCUT2D eigenvalue weighted by molar-refractivity contribution is 5.86. The summed E-state index contributed by atoms with van der Waals surface area (Å²) in [6.45, 7) is 3.43. The van der Waals surface area contributed by atoms with Crippen LogP contribution in [0.1, 0.15) is 0 Å². The Morgan fingerprint density at radius 1 is 1.64 bits per heavy atom. The fourth-order valence-electron chi connectivity index (χ4n) is 0.974. The maximum Gasteiger partial charge on any atom is 0.414 e. The SMILES string of the molecule is [CH2]COC(=O)N(C)c1cccc(F)c1. The van der Waals surface area contributed by atoms with Gasteiger partial charge in [-0.15, -0.1) is 0 Å². The van der Waals surface area contributed by atoms with Gasteiger partial charge in [-0.3, -0.25) is 4.90 Å². The number of amides is 1. The first kappa shape index (κ1) is 10.5. The number of halogens is 1. The third-order valence-corrected chi connectivity index (χ3v) is 1.69. The molecule has 0 aliphatic heterocycles. The monoisotopic (exact) mass is 196 g/mol. The summed E-state index contributed by atoms with van der Waals surface area (Å²) in [5, 5.41) is 0. The van der Waals surface area contributed by atoms with Crippen LogP contribution in [0.4, 0.5) is 14.9 Å². The first-order valence-electron chi connectivity index (χ1n) is 4.10. The molecule has 0 aliphatic rings. The topological polar surface area (TPSA) is 29.5 Å². The second-order valence-corrected chi connectivity index (χ2v) is 2.65. The van der Waals surface area contributed by atoms with Gasteiger partial charge in [0.1, 0.15) is 5.82 Å². The highest BCUT2D eigenvalue weighted by Crippen LogP contribution is 2.14. The van der Waals surface area contributed by atoms with E-state index in [0.29, 0.717) is 5.69 Å². The van der Waals surface area contributed by atoms with Crippen molar-refractivity contribution in [2.24, 2.45) is 0 Å². The first-order valence-corrected chi connectivity index (χ1v) is 4.10. The molecule has 0 saturated heterocycles. The van der Waals surface area contributed by atoms with E-state index in [4.69, 9.17) is 0 Å². The Morgan fingerprint density at radius 3 is 2.93 bits per heavy atom. The average molecular weight is 196 g/mol. The van der Waals surface area contributed by atoms with Gasteiger partial charge in [0.05, 0.1) is 6.61 Å². The largest absolute Gasteiger partial charge is 0.449 e. The van der Waals surface area contributed by atoms with Gasteiger partial charge in [0.2, 0.25) is 0 Å². The van der Waals surface area contributed by atoms with Crippen molar-refractivity contribution < 1.29 is 13.9 Å². The Balaban J connectivity index is 2.78. The lowest BCUT2D eigenvalue weighted by Crippen LogP contribution is -2.27. The molecular formula is C10H11FNO2. The lowest BCUT2D eigenvalue weighted by atomic mass is 10.3. The summed E-state index contributed by atoms with van der Waals surface area (Å²) in [4.78, 5) is 12.4. The van der Waals surface area contributed by atoms with Crippen LogP contribution < -0.4 is 4.90 Å². The molecule has 0 fully saturated rings. The summed E-state index contributed by atoms with van der Waals surface area (Å²) in [6.07, 6.45) is -0.550. The molecule has 0 atom stereocenters. The number of hydrogen-bond donors (Lipinski definition) is 0. The van der Waals surface area contributed by atoms with Gasteiger partial charge < -0.3 is 4.74 Å². The van der Waals surface area contributed by atoms with Gasteiger partial charge in [0.25, 0.3) is 0 Å². The zero-order valence-corrected chi connectivity index (χ0v) is 7.87. The van der Waals surface area contributed by atoms with Crippen LogP contribution in [-0.4, -0.2) is 19.7 Å². The average Bonchev–Trinajstić information content (AvgIpc) is 2.17. The van der Waals surface area contributed by atoms with Crippen LogP contribution in [0.2, 0.25) is 0 Å². The molecule has 0 saturated carbocycles. The van der Waals surface area contributed by atoms with Gasteiger partial charge in [0, 0.05) is 12.7 Å².